The first kappa shape index (κ1) is 21.3. The Hall–Kier alpha value is -2.96. The molecule has 3 fully saturated rings. The van der Waals surface area contributed by atoms with Crippen molar-refractivity contribution in [1.82, 2.24) is 20.9 Å². The van der Waals surface area contributed by atoms with E-state index in [-0.39, 0.29) is 42.3 Å². The van der Waals surface area contributed by atoms with Crippen LogP contribution in [0.4, 0.5) is 8.78 Å². The van der Waals surface area contributed by atoms with Crippen LogP contribution < -0.4 is 16.0 Å². The molecule has 31 heavy (non-hydrogen) atoms. The number of aromatic nitrogens is 1. The van der Waals surface area contributed by atoms with Crippen LogP contribution >= 0.6 is 0 Å². The van der Waals surface area contributed by atoms with Gasteiger partial charge < -0.3 is 20.9 Å². The molecule has 2 saturated carbocycles. The predicted octanol–water partition coefficient (Wildman–Crippen LogP) is 1.53. The molecule has 0 radical (unpaired) electrons. The van der Waals surface area contributed by atoms with E-state index in [0.717, 1.165) is 18.5 Å². The number of aryl methyl sites for hydroxylation is 1. The van der Waals surface area contributed by atoms with E-state index in [1.807, 2.05) is 6.07 Å². The van der Waals surface area contributed by atoms with Crippen LogP contribution in [0.1, 0.15) is 54.7 Å². The highest BCUT2D eigenvalue weighted by Crippen LogP contribution is 2.51. The molecule has 166 valence electrons. The summed E-state index contributed by atoms with van der Waals surface area (Å²) in [5.74, 6) is -5.64. The van der Waals surface area contributed by atoms with E-state index in [0.29, 0.717) is 6.42 Å². The number of amides is 3. The molecule has 1 aromatic heterocycles. The lowest BCUT2D eigenvalue weighted by molar-refractivity contribution is -0.125. The number of carbonyl (C=O) groups is 3. The topological polar surface area (TPSA) is 127 Å². The second-order valence-electron chi connectivity index (χ2n) is 9.08. The predicted molar refractivity (Wildman–Crippen MR) is 105 cm³/mol. The van der Waals surface area contributed by atoms with Gasteiger partial charge >= 0.3 is 0 Å². The number of nitriles is 1. The molecule has 10 heteroatoms. The number of hydrogen-bond acceptors (Lipinski definition) is 4. The number of rotatable bonds is 8. The maximum atomic E-state index is 13.5. The summed E-state index contributed by atoms with van der Waals surface area (Å²) in [7, 11) is 0. The second kappa shape index (κ2) is 7.62. The first-order valence-electron chi connectivity index (χ1n) is 10.5. The number of nitrogens with zero attached hydrogens (tertiary/aromatic N) is 1. The Kier molecular flexibility index (Phi) is 5.23. The average molecular weight is 433 g/mol. The molecule has 4 N–H and O–H groups in total. The van der Waals surface area contributed by atoms with Gasteiger partial charge in [0.25, 0.3) is 11.8 Å². The molecule has 1 spiro atoms. The number of alkyl halides is 2. The van der Waals surface area contributed by atoms with Crippen LogP contribution in [0, 0.1) is 30.1 Å². The maximum absolute atomic E-state index is 13.5. The highest BCUT2D eigenvalue weighted by Gasteiger charge is 2.57. The molecule has 4 rings (SSSR count). The summed E-state index contributed by atoms with van der Waals surface area (Å²) in [5, 5.41) is 17.5. The summed E-state index contributed by atoms with van der Waals surface area (Å²) >= 11 is 0. The molecule has 1 aromatic rings. The summed E-state index contributed by atoms with van der Waals surface area (Å²) in [6.45, 7) is 1.76. The highest BCUT2D eigenvalue weighted by atomic mass is 19.3. The molecule has 3 amide bonds. The zero-order valence-electron chi connectivity index (χ0n) is 17.1. The molecule has 1 aliphatic heterocycles. The Morgan fingerprint density at radius 2 is 1.97 bits per heavy atom. The number of halogens is 2. The van der Waals surface area contributed by atoms with Crippen molar-refractivity contribution < 1.29 is 23.2 Å². The standard InChI is InChI=1S/C21H25F2N5O3/c1-11-2-3-15(25-11)18(30)27-16(7-13-9-21(13,22)23)19(31)26-14(10-24)6-12-8-20(4-5-20)28-17(12)29/h2-3,12-14,16,25H,4-9H2,1H3,(H,26,31)(H,27,30)(H,28,29)/t12-,13?,14+,16+/m1/s1. The van der Waals surface area contributed by atoms with Crippen molar-refractivity contribution in [3.05, 3.63) is 23.5 Å². The van der Waals surface area contributed by atoms with Gasteiger partial charge in [0.2, 0.25) is 11.8 Å². The molecule has 4 atom stereocenters. The third-order valence-corrected chi connectivity index (χ3v) is 6.42. The van der Waals surface area contributed by atoms with E-state index < -0.39 is 35.7 Å². The maximum Gasteiger partial charge on any atom is 0.268 e. The number of carbonyl (C=O) groups excluding carboxylic acids is 3. The Bertz CT molecular complexity index is 949. The van der Waals surface area contributed by atoms with Crippen molar-refractivity contribution in [3.8, 4) is 6.07 Å². The van der Waals surface area contributed by atoms with Gasteiger partial charge in [-0.25, -0.2) is 8.78 Å². The summed E-state index contributed by atoms with van der Waals surface area (Å²) in [6, 6.07) is 3.03. The largest absolute Gasteiger partial charge is 0.355 e. The molecule has 1 saturated heterocycles. The normalized spacial score (nSPS) is 26.5. The second-order valence-corrected chi connectivity index (χ2v) is 9.08. The lowest BCUT2D eigenvalue weighted by atomic mass is 9.95. The van der Waals surface area contributed by atoms with Crippen LogP contribution in [-0.2, 0) is 9.59 Å². The molecule has 0 aromatic carbocycles. The van der Waals surface area contributed by atoms with Gasteiger partial charge in [-0.3, -0.25) is 14.4 Å². The van der Waals surface area contributed by atoms with E-state index in [1.54, 1.807) is 13.0 Å². The fourth-order valence-electron chi connectivity index (χ4n) is 4.26. The van der Waals surface area contributed by atoms with Gasteiger partial charge in [-0.05, 0) is 51.2 Å². The lowest BCUT2D eigenvalue weighted by Crippen LogP contribution is -2.50. The Morgan fingerprint density at radius 3 is 2.48 bits per heavy atom. The monoisotopic (exact) mass is 433 g/mol. The first-order chi connectivity index (χ1) is 14.6. The third-order valence-electron chi connectivity index (χ3n) is 6.42. The zero-order valence-corrected chi connectivity index (χ0v) is 17.1. The van der Waals surface area contributed by atoms with Gasteiger partial charge in [-0.2, -0.15) is 5.26 Å². The van der Waals surface area contributed by atoms with Gasteiger partial charge in [0.15, 0.2) is 0 Å². The SMILES string of the molecule is Cc1ccc(C(=O)N[C@@H](CC2CC2(F)F)C(=O)N[C@H](C#N)C[C@@H]2CC3(CC3)NC2=O)[nH]1. The van der Waals surface area contributed by atoms with Crippen LogP contribution in [0.25, 0.3) is 0 Å². The van der Waals surface area contributed by atoms with Crippen molar-refractivity contribution >= 4 is 17.7 Å². The summed E-state index contributed by atoms with van der Waals surface area (Å²) in [6.07, 6.45) is 2.05. The first-order valence-corrected chi connectivity index (χ1v) is 10.5. The number of nitrogens with one attached hydrogen (secondary N) is 4. The van der Waals surface area contributed by atoms with Gasteiger partial charge in [0.1, 0.15) is 17.8 Å². The average Bonchev–Trinajstić information content (AvgIpc) is 3.47. The number of hydrogen-bond donors (Lipinski definition) is 4. The highest BCUT2D eigenvalue weighted by molar-refractivity contribution is 5.96. The van der Waals surface area contributed by atoms with Gasteiger partial charge in [-0.1, -0.05) is 0 Å². The summed E-state index contributed by atoms with van der Waals surface area (Å²) < 4.78 is 26.9. The smallest absolute Gasteiger partial charge is 0.268 e. The van der Waals surface area contributed by atoms with Crippen molar-refractivity contribution in [2.45, 2.75) is 69.0 Å². The molecule has 1 unspecified atom stereocenters. The van der Waals surface area contributed by atoms with Crippen molar-refractivity contribution in [2.24, 2.45) is 11.8 Å². The summed E-state index contributed by atoms with van der Waals surface area (Å²) in [4.78, 5) is 40.3. The number of H-pyrrole nitrogens is 1. The molecule has 0 bridgehead atoms. The molecule has 2 aliphatic carbocycles. The van der Waals surface area contributed by atoms with Crippen molar-refractivity contribution in [3.63, 3.8) is 0 Å². The minimum atomic E-state index is -2.85. The fourth-order valence-corrected chi connectivity index (χ4v) is 4.26. The van der Waals surface area contributed by atoms with Gasteiger partial charge in [0, 0.05) is 29.5 Å². The van der Waals surface area contributed by atoms with E-state index >= 15 is 0 Å². The third kappa shape index (κ3) is 4.70. The Morgan fingerprint density at radius 1 is 1.26 bits per heavy atom. The van der Waals surface area contributed by atoms with Crippen LogP contribution in [0.15, 0.2) is 12.1 Å². The van der Waals surface area contributed by atoms with Crippen LogP contribution in [0.2, 0.25) is 0 Å². The zero-order chi connectivity index (χ0) is 22.4. The van der Waals surface area contributed by atoms with E-state index in [1.165, 1.54) is 6.07 Å². The van der Waals surface area contributed by atoms with Crippen LogP contribution in [0.5, 0.6) is 0 Å². The molecular weight excluding hydrogens is 408 g/mol. The van der Waals surface area contributed by atoms with E-state index in [9.17, 15) is 28.4 Å². The Labute approximate surface area is 178 Å². The quantitative estimate of drug-likeness (QED) is 0.496. The minimum Gasteiger partial charge on any atom is -0.355 e. The van der Waals surface area contributed by atoms with Crippen LogP contribution in [-0.4, -0.2) is 46.3 Å². The summed E-state index contributed by atoms with van der Waals surface area (Å²) in [5.41, 5.74) is 0.813. The molecule has 2 heterocycles. The van der Waals surface area contributed by atoms with Gasteiger partial charge in [-0.15, -0.1) is 0 Å². The Balaban J connectivity index is 1.39. The van der Waals surface area contributed by atoms with Crippen molar-refractivity contribution in [2.75, 3.05) is 0 Å². The van der Waals surface area contributed by atoms with E-state index in [2.05, 4.69) is 20.9 Å². The van der Waals surface area contributed by atoms with Gasteiger partial charge in [0.05, 0.1) is 6.07 Å². The number of aromatic amines is 1. The van der Waals surface area contributed by atoms with Crippen molar-refractivity contribution in [1.29, 1.82) is 5.26 Å². The lowest BCUT2D eigenvalue weighted by Gasteiger charge is -2.21. The molecular formula is C21H25F2N5O3. The van der Waals surface area contributed by atoms with E-state index in [4.69, 9.17) is 0 Å². The minimum absolute atomic E-state index is 0.128. The molecule has 3 aliphatic rings. The molecule has 8 nitrogen and oxygen atoms in total. The van der Waals surface area contributed by atoms with Crippen LogP contribution in [0.3, 0.4) is 0 Å². The fraction of sp³-hybridized carbons (Fsp3) is 0.619.